The Balaban J connectivity index is 1.75. The number of fused-ring (bicyclic) bond motifs is 1. The van der Waals surface area contributed by atoms with Gasteiger partial charge < -0.3 is 15.0 Å². The van der Waals surface area contributed by atoms with E-state index in [9.17, 15) is 9.59 Å². The Morgan fingerprint density at radius 3 is 2.62 bits per heavy atom. The van der Waals surface area contributed by atoms with Crippen LogP contribution in [-0.2, 0) is 4.79 Å². The highest BCUT2D eigenvalue weighted by atomic mass is 16.5. The maximum Gasteiger partial charge on any atom is 0.258 e. The molecule has 1 spiro atoms. The lowest BCUT2D eigenvalue weighted by Gasteiger charge is -2.44. The minimum absolute atomic E-state index is 0.00152. The van der Waals surface area contributed by atoms with Crippen molar-refractivity contribution in [3.05, 3.63) is 29.8 Å². The van der Waals surface area contributed by atoms with E-state index < -0.39 is 5.72 Å². The van der Waals surface area contributed by atoms with E-state index in [0.29, 0.717) is 37.2 Å². The van der Waals surface area contributed by atoms with Crippen molar-refractivity contribution in [2.75, 3.05) is 13.1 Å². The number of rotatable bonds is 1. The zero-order valence-corrected chi connectivity index (χ0v) is 12.4. The number of carbonyl (C=O) groups is 2. The topological polar surface area (TPSA) is 58.6 Å². The van der Waals surface area contributed by atoms with Gasteiger partial charge in [0.1, 0.15) is 5.75 Å². The fraction of sp³-hybridized carbons (Fsp3) is 0.500. The number of carbonyl (C=O) groups excluding carboxylic acids is 2. The van der Waals surface area contributed by atoms with Crippen LogP contribution in [-0.4, -0.2) is 35.5 Å². The van der Waals surface area contributed by atoms with Gasteiger partial charge in [0, 0.05) is 31.8 Å². The van der Waals surface area contributed by atoms with Crippen LogP contribution >= 0.6 is 0 Å². The summed E-state index contributed by atoms with van der Waals surface area (Å²) in [4.78, 5) is 26.1. The molecule has 21 heavy (non-hydrogen) atoms. The second-order valence-corrected chi connectivity index (χ2v) is 6.03. The number of nitrogens with one attached hydrogen (secondary N) is 1. The van der Waals surface area contributed by atoms with E-state index in [0.717, 1.165) is 0 Å². The first kappa shape index (κ1) is 13.9. The van der Waals surface area contributed by atoms with Gasteiger partial charge in [-0.05, 0) is 12.1 Å². The van der Waals surface area contributed by atoms with E-state index in [1.807, 2.05) is 36.9 Å². The molecule has 1 saturated heterocycles. The van der Waals surface area contributed by atoms with E-state index >= 15 is 0 Å². The van der Waals surface area contributed by atoms with Crippen molar-refractivity contribution in [3.63, 3.8) is 0 Å². The van der Waals surface area contributed by atoms with Crippen LogP contribution in [0.15, 0.2) is 24.3 Å². The van der Waals surface area contributed by atoms with Gasteiger partial charge in [-0.2, -0.15) is 0 Å². The second kappa shape index (κ2) is 5.06. The van der Waals surface area contributed by atoms with E-state index in [2.05, 4.69) is 5.32 Å². The smallest absolute Gasteiger partial charge is 0.258 e. The normalized spacial score (nSPS) is 20.0. The Morgan fingerprint density at radius 2 is 1.95 bits per heavy atom. The van der Waals surface area contributed by atoms with Crippen molar-refractivity contribution in [1.29, 1.82) is 0 Å². The largest absolute Gasteiger partial charge is 0.467 e. The van der Waals surface area contributed by atoms with E-state index in [4.69, 9.17) is 4.74 Å². The molecule has 1 N–H and O–H groups in total. The molecule has 0 aromatic heterocycles. The Morgan fingerprint density at radius 1 is 1.29 bits per heavy atom. The van der Waals surface area contributed by atoms with Gasteiger partial charge in [0.05, 0.1) is 5.56 Å². The summed E-state index contributed by atoms with van der Waals surface area (Å²) in [6.45, 7) is 5.03. The summed E-state index contributed by atoms with van der Waals surface area (Å²) in [7, 11) is 0. The van der Waals surface area contributed by atoms with Crippen molar-refractivity contribution < 1.29 is 14.3 Å². The number of para-hydroxylation sites is 1. The predicted molar refractivity (Wildman–Crippen MR) is 77.9 cm³/mol. The molecule has 0 saturated carbocycles. The number of piperidine rings is 1. The zero-order valence-electron chi connectivity index (χ0n) is 12.4. The van der Waals surface area contributed by atoms with Gasteiger partial charge in [0.2, 0.25) is 5.91 Å². The van der Waals surface area contributed by atoms with E-state index in [1.165, 1.54) is 0 Å². The highest BCUT2D eigenvalue weighted by Gasteiger charge is 2.43. The maximum atomic E-state index is 12.2. The number of ether oxygens (including phenoxy) is 1. The number of hydrogen-bond acceptors (Lipinski definition) is 3. The zero-order chi connectivity index (χ0) is 15.0. The van der Waals surface area contributed by atoms with Crippen molar-refractivity contribution in [1.82, 2.24) is 10.2 Å². The van der Waals surface area contributed by atoms with Gasteiger partial charge in [-0.1, -0.05) is 26.0 Å². The minimum Gasteiger partial charge on any atom is -0.467 e. The fourth-order valence-corrected chi connectivity index (χ4v) is 2.93. The average Bonchev–Trinajstić information content (AvgIpc) is 2.47. The lowest BCUT2D eigenvalue weighted by atomic mass is 9.96. The Bertz CT molecular complexity index is 575. The summed E-state index contributed by atoms with van der Waals surface area (Å²) in [5.74, 6) is 0.694. The first-order chi connectivity index (χ1) is 10.0. The molecule has 0 bridgehead atoms. The maximum absolute atomic E-state index is 12.2. The van der Waals surface area contributed by atoms with Gasteiger partial charge >= 0.3 is 0 Å². The van der Waals surface area contributed by atoms with Gasteiger partial charge in [-0.25, -0.2) is 0 Å². The summed E-state index contributed by atoms with van der Waals surface area (Å²) in [6.07, 6.45) is 1.23. The summed E-state index contributed by atoms with van der Waals surface area (Å²) in [5, 5.41) is 2.98. The molecule has 0 aliphatic carbocycles. The molecule has 2 aliphatic heterocycles. The quantitative estimate of drug-likeness (QED) is 0.857. The van der Waals surface area contributed by atoms with Crippen LogP contribution in [0.4, 0.5) is 0 Å². The van der Waals surface area contributed by atoms with Gasteiger partial charge in [-0.15, -0.1) is 0 Å². The predicted octanol–water partition coefficient (Wildman–Crippen LogP) is 1.78. The number of benzene rings is 1. The van der Waals surface area contributed by atoms with Crippen LogP contribution < -0.4 is 10.1 Å². The molecule has 2 heterocycles. The van der Waals surface area contributed by atoms with Gasteiger partial charge in [-0.3, -0.25) is 9.59 Å². The monoisotopic (exact) mass is 288 g/mol. The van der Waals surface area contributed by atoms with Crippen molar-refractivity contribution >= 4 is 11.8 Å². The summed E-state index contributed by atoms with van der Waals surface area (Å²) >= 11 is 0. The third-order valence-corrected chi connectivity index (χ3v) is 4.16. The summed E-state index contributed by atoms with van der Waals surface area (Å²) in [6, 6.07) is 7.27. The molecule has 0 radical (unpaired) electrons. The Hall–Kier alpha value is -2.04. The third kappa shape index (κ3) is 2.48. The van der Waals surface area contributed by atoms with Crippen LogP contribution in [0.3, 0.4) is 0 Å². The Labute approximate surface area is 124 Å². The number of amides is 2. The van der Waals surface area contributed by atoms with E-state index in [1.54, 1.807) is 6.07 Å². The van der Waals surface area contributed by atoms with Gasteiger partial charge in [0.15, 0.2) is 5.72 Å². The number of likely N-dealkylation sites (tertiary alicyclic amines) is 1. The SMILES string of the molecule is CC(C)C(=O)N1CCC2(CC1)NC(=O)c1ccccc1O2. The summed E-state index contributed by atoms with van der Waals surface area (Å²) < 4.78 is 6.05. The molecule has 112 valence electrons. The van der Waals surface area contributed by atoms with Crippen molar-refractivity contribution in [3.8, 4) is 5.75 Å². The number of nitrogens with zero attached hydrogens (tertiary/aromatic N) is 1. The molecule has 0 unspecified atom stereocenters. The lowest BCUT2D eigenvalue weighted by Crippen LogP contribution is -2.61. The standard InChI is InChI=1S/C16H20N2O3/c1-11(2)15(20)18-9-7-16(8-10-18)17-14(19)12-5-3-4-6-13(12)21-16/h3-6,11H,7-10H2,1-2H3,(H,17,19). The van der Waals surface area contributed by atoms with Crippen LogP contribution in [0.25, 0.3) is 0 Å². The van der Waals surface area contributed by atoms with Crippen LogP contribution in [0.1, 0.15) is 37.0 Å². The van der Waals surface area contributed by atoms with Crippen molar-refractivity contribution in [2.24, 2.45) is 5.92 Å². The molecule has 5 heteroatoms. The first-order valence-electron chi connectivity index (χ1n) is 7.40. The molecule has 5 nitrogen and oxygen atoms in total. The molecular formula is C16H20N2O3. The van der Waals surface area contributed by atoms with E-state index in [-0.39, 0.29) is 17.7 Å². The lowest BCUT2D eigenvalue weighted by molar-refractivity contribution is -0.138. The summed E-state index contributed by atoms with van der Waals surface area (Å²) in [5.41, 5.74) is -0.0945. The van der Waals surface area contributed by atoms with Gasteiger partial charge in [0.25, 0.3) is 5.91 Å². The van der Waals surface area contributed by atoms with Crippen LogP contribution in [0, 0.1) is 5.92 Å². The molecular weight excluding hydrogens is 268 g/mol. The molecule has 2 amide bonds. The average molecular weight is 288 g/mol. The first-order valence-corrected chi connectivity index (χ1v) is 7.40. The second-order valence-electron chi connectivity index (χ2n) is 6.03. The molecule has 2 aliphatic rings. The molecule has 1 fully saturated rings. The highest BCUT2D eigenvalue weighted by molar-refractivity contribution is 5.98. The molecule has 0 atom stereocenters. The number of hydrogen-bond donors (Lipinski definition) is 1. The molecule has 3 rings (SSSR count). The Kier molecular flexibility index (Phi) is 3.35. The van der Waals surface area contributed by atoms with Crippen LogP contribution in [0.2, 0.25) is 0 Å². The molecule has 1 aromatic rings. The van der Waals surface area contributed by atoms with Crippen LogP contribution in [0.5, 0.6) is 5.75 Å². The molecule has 1 aromatic carbocycles. The fourth-order valence-electron chi connectivity index (χ4n) is 2.93. The minimum atomic E-state index is -0.667. The highest BCUT2D eigenvalue weighted by Crippen LogP contribution is 2.33. The third-order valence-electron chi connectivity index (χ3n) is 4.16. The van der Waals surface area contributed by atoms with Crippen molar-refractivity contribution in [2.45, 2.75) is 32.4 Å².